The zero-order valence-electron chi connectivity index (χ0n) is 12.1. The van der Waals surface area contributed by atoms with Gasteiger partial charge in [-0.3, -0.25) is 0 Å². The Labute approximate surface area is 112 Å². The molecule has 1 saturated carbocycles. The lowest BCUT2D eigenvalue weighted by molar-refractivity contribution is 0.399. The van der Waals surface area contributed by atoms with Gasteiger partial charge in [-0.25, -0.2) is 0 Å². The van der Waals surface area contributed by atoms with E-state index in [4.69, 9.17) is 0 Å². The van der Waals surface area contributed by atoms with Crippen LogP contribution in [0.5, 0.6) is 0 Å². The minimum absolute atomic E-state index is 0.555. The van der Waals surface area contributed by atoms with Crippen molar-refractivity contribution < 1.29 is 0 Å². The van der Waals surface area contributed by atoms with Gasteiger partial charge in [0.15, 0.2) is 0 Å². The molecule has 100 valence electrons. The lowest BCUT2D eigenvalue weighted by Gasteiger charge is -2.25. The third-order valence-corrected chi connectivity index (χ3v) is 4.38. The van der Waals surface area contributed by atoms with E-state index in [1.807, 2.05) is 0 Å². The molecule has 0 spiro atoms. The molecule has 2 rings (SSSR count). The first-order valence-electron chi connectivity index (χ1n) is 7.52. The fourth-order valence-corrected chi connectivity index (χ4v) is 3.51. The van der Waals surface area contributed by atoms with E-state index < -0.39 is 0 Å². The summed E-state index contributed by atoms with van der Waals surface area (Å²) in [5.74, 6) is 0.938. The normalized spacial score (nSPS) is 18.2. The summed E-state index contributed by atoms with van der Waals surface area (Å²) in [6.45, 7) is 7.78. The summed E-state index contributed by atoms with van der Waals surface area (Å²) in [4.78, 5) is 0. The van der Waals surface area contributed by atoms with Crippen molar-refractivity contribution in [2.75, 3.05) is 6.54 Å². The van der Waals surface area contributed by atoms with Gasteiger partial charge >= 0.3 is 0 Å². The number of aryl methyl sites for hydroxylation is 2. The first kappa shape index (κ1) is 13.6. The van der Waals surface area contributed by atoms with E-state index in [1.165, 1.54) is 43.2 Å². The molecule has 1 aromatic carbocycles. The van der Waals surface area contributed by atoms with E-state index in [9.17, 15) is 0 Å². The van der Waals surface area contributed by atoms with Crippen LogP contribution in [0, 0.1) is 19.8 Å². The molecular weight excluding hydrogens is 218 g/mol. The quantitative estimate of drug-likeness (QED) is 0.803. The summed E-state index contributed by atoms with van der Waals surface area (Å²) in [7, 11) is 0. The molecule has 1 N–H and O–H groups in total. The van der Waals surface area contributed by atoms with Gasteiger partial charge in [0.05, 0.1) is 0 Å². The standard InChI is InChI=1S/C17H27N/c1-4-18-16(12-15-10-5-6-11-15)17-13(2)8-7-9-14(17)3/h7-9,15-16,18H,4-6,10-12H2,1-3H3. The smallest absolute Gasteiger partial charge is 0.0328 e. The Morgan fingerprint density at radius 2 is 1.78 bits per heavy atom. The summed E-state index contributed by atoms with van der Waals surface area (Å²) in [6, 6.07) is 7.23. The summed E-state index contributed by atoms with van der Waals surface area (Å²) in [6.07, 6.45) is 7.08. The SMILES string of the molecule is CCNC(CC1CCCC1)c1c(C)cccc1C. The Morgan fingerprint density at radius 1 is 1.17 bits per heavy atom. The molecule has 0 heterocycles. The van der Waals surface area contributed by atoms with Gasteiger partial charge in [-0.2, -0.15) is 0 Å². The summed E-state index contributed by atoms with van der Waals surface area (Å²) in [5.41, 5.74) is 4.43. The Morgan fingerprint density at radius 3 is 2.33 bits per heavy atom. The van der Waals surface area contributed by atoms with Crippen molar-refractivity contribution in [1.29, 1.82) is 0 Å². The van der Waals surface area contributed by atoms with E-state index in [2.05, 4.69) is 44.3 Å². The van der Waals surface area contributed by atoms with E-state index in [0.29, 0.717) is 6.04 Å². The van der Waals surface area contributed by atoms with Gasteiger partial charge in [0, 0.05) is 6.04 Å². The van der Waals surface area contributed by atoms with Crippen molar-refractivity contribution in [2.24, 2.45) is 5.92 Å². The van der Waals surface area contributed by atoms with Crippen LogP contribution in [0.25, 0.3) is 0 Å². The van der Waals surface area contributed by atoms with Crippen LogP contribution in [0.15, 0.2) is 18.2 Å². The predicted octanol–water partition coefficient (Wildman–Crippen LogP) is 4.53. The molecule has 0 aliphatic heterocycles. The number of hydrogen-bond donors (Lipinski definition) is 1. The average Bonchev–Trinajstić information content (AvgIpc) is 2.82. The average molecular weight is 245 g/mol. The Balaban J connectivity index is 2.17. The second-order valence-corrected chi connectivity index (χ2v) is 5.80. The van der Waals surface area contributed by atoms with E-state index in [1.54, 1.807) is 5.56 Å². The van der Waals surface area contributed by atoms with Crippen LogP contribution in [0.3, 0.4) is 0 Å². The van der Waals surface area contributed by atoms with Crippen molar-refractivity contribution in [1.82, 2.24) is 5.32 Å². The van der Waals surface area contributed by atoms with Crippen LogP contribution < -0.4 is 5.32 Å². The molecule has 1 unspecified atom stereocenters. The first-order valence-corrected chi connectivity index (χ1v) is 7.52. The molecule has 1 aromatic rings. The summed E-state index contributed by atoms with van der Waals surface area (Å²) < 4.78 is 0. The largest absolute Gasteiger partial charge is 0.310 e. The fraction of sp³-hybridized carbons (Fsp3) is 0.647. The van der Waals surface area contributed by atoms with E-state index in [0.717, 1.165) is 12.5 Å². The van der Waals surface area contributed by atoms with Crippen LogP contribution in [-0.2, 0) is 0 Å². The summed E-state index contributed by atoms with van der Waals surface area (Å²) in [5, 5.41) is 3.71. The highest BCUT2D eigenvalue weighted by molar-refractivity contribution is 5.36. The lowest BCUT2D eigenvalue weighted by Crippen LogP contribution is -2.24. The predicted molar refractivity (Wildman–Crippen MR) is 78.9 cm³/mol. The molecule has 0 saturated heterocycles. The number of nitrogens with one attached hydrogen (secondary N) is 1. The van der Waals surface area contributed by atoms with Crippen molar-refractivity contribution in [3.8, 4) is 0 Å². The summed E-state index contributed by atoms with van der Waals surface area (Å²) >= 11 is 0. The first-order chi connectivity index (χ1) is 8.72. The Hall–Kier alpha value is -0.820. The van der Waals surface area contributed by atoms with Gasteiger partial charge in [0.2, 0.25) is 0 Å². The highest BCUT2D eigenvalue weighted by atomic mass is 14.9. The maximum Gasteiger partial charge on any atom is 0.0328 e. The van der Waals surface area contributed by atoms with Gasteiger partial charge in [-0.15, -0.1) is 0 Å². The molecule has 1 aliphatic rings. The minimum atomic E-state index is 0.555. The fourth-order valence-electron chi connectivity index (χ4n) is 3.51. The van der Waals surface area contributed by atoms with Crippen LogP contribution in [0.1, 0.15) is 61.8 Å². The van der Waals surface area contributed by atoms with Gasteiger partial charge in [0.25, 0.3) is 0 Å². The monoisotopic (exact) mass is 245 g/mol. The molecule has 1 atom stereocenters. The number of rotatable bonds is 5. The molecule has 0 aromatic heterocycles. The molecule has 1 aliphatic carbocycles. The van der Waals surface area contributed by atoms with Crippen LogP contribution in [0.2, 0.25) is 0 Å². The van der Waals surface area contributed by atoms with Crippen LogP contribution in [0.4, 0.5) is 0 Å². The second-order valence-electron chi connectivity index (χ2n) is 5.80. The number of benzene rings is 1. The van der Waals surface area contributed by atoms with E-state index in [-0.39, 0.29) is 0 Å². The van der Waals surface area contributed by atoms with Gasteiger partial charge in [-0.1, -0.05) is 50.8 Å². The highest BCUT2D eigenvalue weighted by Gasteiger charge is 2.22. The van der Waals surface area contributed by atoms with Gasteiger partial charge in [0.1, 0.15) is 0 Å². The Bertz CT molecular complexity index is 357. The zero-order valence-corrected chi connectivity index (χ0v) is 12.1. The maximum atomic E-state index is 3.71. The molecule has 1 fully saturated rings. The van der Waals surface area contributed by atoms with Crippen molar-refractivity contribution in [3.63, 3.8) is 0 Å². The zero-order chi connectivity index (χ0) is 13.0. The Kier molecular flexibility index (Phi) is 4.82. The maximum absolute atomic E-state index is 3.71. The molecule has 1 heteroatoms. The van der Waals surface area contributed by atoms with Gasteiger partial charge < -0.3 is 5.32 Å². The third-order valence-electron chi connectivity index (χ3n) is 4.38. The molecule has 1 nitrogen and oxygen atoms in total. The van der Waals surface area contributed by atoms with Crippen molar-refractivity contribution in [2.45, 2.75) is 58.9 Å². The molecule has 0 bridgehead atoms. The highest BCUT2D eigenvalue weighted by Crippen LogP contribution is 2.34. The van der Waals surface area contributed by atoms with Crippen LogP contribution >= 0.6 is 0 Å². The molecule has 0 radical (unpaired) electrons. The second kappa shape index (κ2) is 6.38. The lowest BCUT2D eigenvalue weighted by atomic mass is 9.88. The third kappa shape index (κ3) is 3.14. The molecular formula is C17H27N. The number of hydrogen-bond acceptors (Lipinski definition) is 1. The van der Waals surface area contributed by atoms with E-state index >= 15 is 0 Å². The van der Waals surface area contributed by atoms with Gasteiger partial charge in [-0.05, 0) is 49.4 Å². The van der Waals surface area contributed by atoms with Crippen molar-refractivity contribution >= 4 is 0 Å². The molecule has 0 amide bonds. The van der Waals surface area contributed by atoms with Crippen molar-refractivity contribution in [3.05, 3.63) is 34.9 Å². The minimum Gasteiger partial charge on any atom is -0.310 e. The van der Waals surface area contributed by atoms with Crippen LogP contribution in [-0.4, -0.2) is 6.54 Å². The molecule has 18 heavy (non-hydrogen) atoms. The topological polar surface area (TPSA) is 12.0 Å².